The van der Waals surface area contributed by atoms with Crippen molar-refractivity contribution in [3.05, 3.63) is 5.75 Å². The predicted octanol–water partition coefficient (Wildman–Crippen LogP) is 1.77. The molecule has 3 heteroatoms. The highest BCUT2D eigenvalue weighted by Gasteiger charge is 1.95. The minimum Gasteiger partial charge on any atom is -0.480 e. The molecule has 0 aliphatic rings. The molecule has 0 heterocycles. The number of hydrogen-bond donors (Lipinski definition) is 1. The van der Waals surface area contributed by atoms with Crippen LogP contribution in [-0.4, -0.2) is 16.8 Å². The number of carboxylic acid groups (broad SMARTS) is 1. The summed E-state index contributed by atoms with van der Waals surface area (Å²) in [4.78, 5) is 9.89. The molecule has 0 unspecified atom stereocenters. The van der Waals surface area contributed by atoms with Gasteiger partial charge in [0.1, 0.15) is 5.75 Å². The summed E-state index contributed by atoms with van der Waals surface area (Å²) in [6.45, 7) is 2.08. The highest BCUT2D eigenvalue weighted by Crippen LogP contribution is 2.07. The van der Waals surface area contributed by atoms with Crippen molar-refractivity contribution in [1.82, 2.24) is 0 Å². The number of aliphatic carboxylic acids is 1. The van der Waals surface area contributed by atoms with E-state index >= 15 is 0 Å². The zero-order valence-electron chi connectivity index (χ0n) is 5.46. The van der Waals surface area contributed by atoms with E-state index < -0.39 is 5.97 Å². The fraction of sp³-hybridized carbons (Fsp3) is 0.667. The summed E-state index contributed by atoms with van der Waals surface area (Å²) in [7, 11) is 0. The Balaban J connectivity index is 2.83. The molecule has 1 radical (unpaired) electrons. The maximum atomic E-state index is 9.89. The topological polar surface area (TPSA) is 37.3 Å². The Morgan fingerprint density at radius 2 is 2.44 bits per heavy atom. The third-order valence-corrected chi connectivity index (χ3v) is 1.69. The first-order valence-corrected chi connectivity index (χ1v) is 4.00. The Morgan fingerprint density at radius 3 is 2.89 bits per heavy atom. The van der Waals surface area contributed by atoms with Gasteiger partial charge in [-0.1, -0.05) is 13.3 Å². The Hall–Kier alpha value is -0.180. The Bertz CT molecular complexity index is 83.1. The van der Waals surface area contributed by atoms with Crippen LogP contribution in [0, 0.1) is 5.75 Å². The van der Waals surface area contributed by atoms with E-state index in [1.165, 1.54) is 17.5 Å². The van der Waals surface area contributed by atoms with E-state index in [-0.39, 0.29) is 0 Å². The number of carbonyl (C=O) groups is 1. The average molecular weight is 147 g/mol. The van der Waals surface area contributed by atoms with Gasteiger partial charge in [0.2, 0.25) is 0 Å². The van der Waals surface area contributed by atoms with Gasteiger partial charge < -0.3 is 5.11 Å². The second-order valence-corrected chi connectivity index (χ2v) is 2.66. The number of carboxylic acids is 1. The number of hydrogen-bond acceptors (Lipinski definition) is 2. The molecule has 9 heavy (non-hydrogen) atoms. The SMILES string of the molecule is CCCCS[CH]C(=O)O. The lowest BCUT2D eigenvalue weighted by Gasteiger charge is -1.92. The molecule has 0 spiro atoms. The fourth-order valence-corrected chi connectivity index (χ4v) is 1.07. The molecular formula is C6H11O2S. The van der Waals surface area contributed by atoms with E-state index in [0.29, 0.717) is 0 Å². The molecule has 2 nitrogen and oxygen atoms in total. The zero-order valence-corrected chi connectivity index (χ0v) is 6.28. The zero-order chi connectivity index (χ0) is 7.11. The molecule has 53 valence electrons. The first-order valence-electron chi connectivity index (χ1n) is 2.95. The number of rotatable bonds is 5. The van der Waals surface area contributed by atoms with Crippen molar-refractivity contribution in [3.63, 3.8) is 0 Å². The average Bonchev–Trinajstić information content (AvgIpc) is 1.80. The summed E-state index contributed by atoms with van der Waals surface area (Å²) >= 11 is 1.36. The maximum Gasteiger partial charge on any atom is 0.318 e. The lowest BCUT2D eigenvalue weighted by molar-refractivity contribution is -0.132. The third-order valence-electron chi connectivity index (χ3n) is 0.800. The van der Waals surface area contributed by atoms with E-state index in [1.807, 2.05) is 0 Å². The van der Waals surface area contributed by atoms with Crippen molar-refractivity contribution in [2.75, 3.05) is 5.75 Å². The van der Waals surface area contributed by atoms with Gasteiger partial charge in [0, 0.05) is 0 Å². The van der Waals surface area contributed by atoms with Crippen molar-refractivity contribution >= 4 is 17.7 Å². The van der Waals surface area contributed by atoms with Crippen LogP contribution >= 0.6 is 11.8 Å². The number of unbranched alkanes of at least 4 members (excludes halogenated alkanes) is 1. The molecule has 0 aromatic carbocycles. The Kier molecular flexibility index (Phi) is 5.83. The van der Waals surface area contributed by atoms with Gasteiger partial charge in [-0.3, -0.25) is 4.79 Å². The van der Waals surface area contributed by atoms with Gasteiger partial charge in [-0.2, -0.15) is 0 Å². The van der Waals surface area contributed by atoms with Crippen LogP contribution in [0.3, 0.4) is 0 Å². The van der Waals surface area contributed by atoms with E-state index in [9.17, 15) is 4.79 Å². The summed E-state index contributed by atoms with van der Waals surface area (Å²) in [6, 6.07) is 0. The van der Waals surface area contributed by atoms with Crippen LogP contribution in [-0.2, 0) is 4.79 Å². The summed E-state index contributed by atoms with van der Waals surface area (Å²) in [6.07, 6.45) is 2.22. The summed E-state index contributed by atoms with van der Waals surface area (Å²) in [5, 5.41) is 8.14. The lowest BCUT2D eigenvalue weighted by atomic mass is 10.4. The molecule has 0 fully saturated rings. The second-order valence-electron chi connectivity index (χ2n) is 1.68. The summed E-state index contributed by atoms with van der Waals surface area (Å²) in [5.41, 5.74) is 0. The monoisotopic (exact) mass is 147 g/mol. The predicted molar refractivity (Wildman–Crippen MR) is 39.3 cm³/mol. The standard InChI is InChI=1S/C6H11O2S/c1-2-3-4-9-5-6(7)8/h5H,2-4H2,1H3,(H,7,8). The van der Waals surface area contributed by atoms with Gasteiger partial charge in [0.25, 0.3) is 0 Å². The maximum absolute atomic E-state index is 9.89. The van der Waals surface area contributed by atoms with E-state index in [1.54, 1.807) is 0 Å². The number of thioether (sulfide) groups is 1. The highest BCUT2D eigenvalue weighted by molar-refractivity contribution is 8.02. The van der Waals surface area contributed by atoms with Crippen LogP contribution in [0.2, 0.25) is 0 Å². The molecule has 0 amide bonds. The van der Waals surface area contributed by atoms with Crippen molar-refractivity contribution < 1.29 is 9.90 Å². The van der Waals surface area contributed by atoms with E-state index in [2.05, 4.69) is 6.92 Å². The molecule has 0 saturated heterocycles. The van der Waals surface area contributed by atoms with Crippen LogP contribution in [0.5, 0.6) is 0 Å². The smallest absolute Gasteiger partial charge is 0.318 e. The molecular weight excluding hydrogens is 136 g/mol. The highest BCUT2D eigenvalue weighted by atomic mass is 32.2. The fourth-order valence-electron chi connectivity index (χ4n) is 0.358. The van der Waals surface area contributed by atoms with Gasteiger partial charge in [-0.15, -0.1) is 11.8 Å². The molecule has 0 rings (SSSR count). The largest absolute Gasteiger partial charge is 0.480 e. The molecule has 0 aliphatic carbocycles. The van der Waals surface area contributed by atoms with Crippen molar-refractivity contribution in [3.8, 4) is 0 Å². The molecule has 0 aromatic heterocycles. The van der Waals surface area contributed by atoms with Crippen molar-refractivity contribution in [2.45, 2.75) is 19.8 Å². The Morgan fingerprint density at radius 1 is 1.78 bits per heavy atom. The molecule has 0 saturated carbocycles. The van der Waals surface area contributed by atoms with Crippen LogP contribution in [0.4, 0.5) is 0 Å². The van der Waals surface area contributed by atoms with Crippen LogP contribution < -0.4 is 0 Å². The van der Waals surface area contributed by atoms with Gasteiger partial charge in [-0.05, 0) is 12.2 Å². The minimum atomic E-state index is -0.837. The lowest BCUT2D eigenvalue weighted by Crippen LogP contribution is -1.91. The van der Waals surface area contributed by atoms with Crippen LogP contribution in [0.15, 0.2) is 0 Å². The molecule has 0 bridgehead atoms. The van der Waals surface area contributed by atoms with Gasteiger partial charge in [0.05, 0.1) is 0 Å². The third kappa shape index (κ3) is 7.82. The minimum absolute atomic E-state index is 0.837. The van der Waals surface area contributed by atoms with Gasteiger partial charge in [0.15, 0.2) is 0 Å². The quantitative estimate of drug-likeness (QED) is 0.602. The van der Waals surface area contributed by atoms with E-state index in [4.69, 9.17) is 5.11 Å². The molecule has 0 aliphatic heterocycles. The Labute approximate surface area is 59.6 Å². The summed E-state index contributed by atoms with van der Waals surface area (Å²) < 4.78 is 0. The molecule has 0 aromatic rings. The van der Waals surface area contributed by atoms with Crippen molar-refractivity contribution in [2.24, 2.45) is 0 Å². The van der Waals surface area contributed by atoms with Crippen LogP contribution in [0.1, 0.15) is 19.8 Å². The first kappa shape index (κ1) is 8.82. The second kappa shape index (κ2) is 5.95. The van der Waals surface area contributed by atoms with Gasteiger partial charge in [-0.25, -0.2) is 0 Å². The van der Waals surface area contributed by atoms with Gasteiger partial charge >= 0.3 is 5.97 Å². The van der Waals surface area contributed by atoms with E-state index in [0.717, 1.165) is 18.6 Å². The molecule has 0 atom stereocenters. The first-order chi connectivity index (χ1) is 4.27. The van der Waals surface area contributed by atoms with Crippen LogP contribution in [0.25, 0.3) is 0 Å². The molecule has 1 N–H and O–H groups in total. The normalized spacial score (nSPS) is 9.44. The summed E-state index contributed by atoms with van der Waals surface area (Å²) in [5.74, 6) is 1.31. The van der Waals surface area contributed by atoms with Crippen molar-refractivity contribution in [1.29, 1.82) is 0 Å².